The Morgan fingerprint density at radius 1 is 1.26 bits per heavy atom. The first kappa shape index (κ1) is 19.5. The number of anilines is 1. The molecule has 2 aromatic carbocycles. The second-order valence-corrected chi connectivity index (χ2v) is 5.49. The highest BCUT2D eigenvalue weighted by atomic mass is 35.5. The molecule has 0 bridgehead atoms. The van der Waals surface area contributed by atoms with Crippen molar-refractivity contribution in [2.24, 2.45) is 5.73 Å². The van der Waals surface area contributed by atoms with Crippen LogP contribution in [0.3, 0.4) is 0 Å². The fraction of sp³-hybridized carbons (Fsp3) is 0.200. The largest absolute Gasteiger partial charge is 0.365 e. The van der Waals surface area contributed by atoms with E-state index < -0.39 is 4.92 Å². The minimum atomic E-state index is -0.399. The van der Waals surface area contributed by atoms with Gasteiger partial charge in [0, 0.05) is 47.5 Å². The van der Waals surface area contributed by atoms with Crippen LogP contribution in [0.2, 0.25) is 5.02 Å². The normalized spacial score (nSPS) is 15.4. The van der Waals surface area contributed by atoms with Gasteiger partial charge in [-0.25, -0.2) is 0 Å². The quantitative estimate of drug-likeness (QED) is 0.646. The van der Waals surface area contributed by atoms with Crippen LogP contribution in [0, 0.1) is 10.1 Å². The lowest BCUT2D eigenvalue weighted by atomic mass is 10.1. The summed E-state index contributed by atoms with van der Waals surface area (Å²) in [5, 5.41) is 11.6. The van der Waals surface area contributed by atoms with E-state index in [9.17, 15) is 10.1 Å². The van der Waals surface area contributed by atoms with E-state index in [1.807, 2.05) is 24.3 Å². The van der Waals surface area contributed by atoms with Crippen LogP contribution >= 0.6 is 36.4 Å². The number of nitrogens with two attached hydrogens (primary N) is 1. The number of nitro groups is 1. The molecule has 2 N–H and O–H groups in total. The number of halogens is 3. The summed E-state index contributed by atoms with van der Waals surface area (Å²) in [4.78, 5) is 12.6. The molecule has 1 atom stereocenters. The predicted octanol–water partition coefficient (Wildman–Crippen LogP) is 4.11. The van der Waals surface area contributed by atoms with Gasteiger partial charge in [-0.05, 0) is 17.7 Å². The van der Waals surface area contributed by atoms with Crippen molar-refractivity contribution < 1.29 is 4.92 Å². The molecule has 0 radical (unpaired) electrons. The molecule has 8 heteroatoms. The summed E-state index contributed by atoms with van der Waals surface area (Å²) in [6, 6.07) is 12.3. The zero-order chi connectivity index (χ0) is 15.0. The number of nitro benzene ring substituents is 1. The number of hydrogen-bond acceptors (Lipinski definition) is 4. The van der Waals surface area contributed by atoms with Crippen molar-refractivity contribution in [3.05, 3.63) is 68.7 Å². The summed E-state index contributed by atoms with van der Waals surface area (Å²) in [7, 11) is 0. The van der Waals surface area contributed by atoms with E-state index in [0.29, 0.717) is 18.1 Å². The molecule has 2 aromatic rings. The van der Waals surface area contributed by atoms with Crippen molar-refractivity contribution in [1.29, 1.82) is 0 Å². The fourth-order valence-electron chi connectivity index (χ4n) is 2.66. The highest BCUT2D eigenvalue weighted by Gasteiger charge is 2.28. The third-order valence-electron chi connectivity index (χ3n) is 3.70. The summed E-state index contributed by atoms with van der Waals surface area (Å²) in [6.07, 6.45) is 0. The number of nitrogens with zero attached hydrogens (tertiary/aromatic N) is 2. The number of hydrogen-bond donors (Lipinski definition) is 1. The molecule has 1 aliphatic heterocycles. The number of rotatable bonds is 3. The molecule has 0 spiro atoms. The Balaban J connectivity index is 0.00000132. The average Bonchev–Trinajstić information content (AvgIpc) is 2.77. The van der Waals surface area contributed by atoms with Gasteiger partial charge in [0.15, 0.2) is 0 Å². The molecular formula is C15H16Cl3N3O2. The van der Waals surface area contributed by atoms with Gasteiger partial charge >= 0.3 is 0 Å². The van der Waals surface area contributed by atoms with Gasteiger partial charge in [0.1, 0.15) is 0 Å². The van der Waals surface area contributed by atoms with Gasteiger partial charge < -0.3 is 10.6 Å². The Hall–Kier alpha value is -1.53. The van der Waals surface area contributed by atoms with Crippen LogP contribution in [-0.4, -0.2) is 11.5 Å². The summed E-state index contributed by atoms with van der Waals surface area (Å²) < 4.78 is 0. The lowest BCUT2D eigenvalue weighted by molar-refractivity contribution is -0.384. The Kier molecular flexibility index (Phi) is 6.65. The SMILES string of the molecule is Cl.Cl.NC1CN(Cc2ccccc2Cl)c2ccc([N+](=O)[O-])cc21. The number of fused-ring (bicyclic) bond motifs is 1. The van der Waals surface area contributed by atoms with E-state index in [2.05, 4.69) is 4.90 Å². The fourth-order valence-corrected chi connectivity index (χ4v) is 2.85. The van der Waals surface area contributed by atoms with E-state index in [0.717, 1.165) is 16.8 Å². The van der Waals surface area contributed by atoms with Crippen LogP contribution in [0.25, 0.3) is 0 Å². The molecule has 0 amide bonds. The molecule has 1 unspecified atom stereocenters. The number of benzene rings is 2. The molecule has 0 fully saturated rings. The van der Waals surface area contributed by atoms with Gasteiger partial charge in [-0.3, -0.25) is 10.1 Å². The Bertz CT molecular complexity index is 712. The lowest BCUT2D eigenvalue weighted by Crippen LogP contribution is -2.24. The highest BCUT2D eigenvalue weighted by Crippen LogP contribution is 2.37. The van der Waals surface area contributed by atoms with Crippen molar-refractivity contribution >= 4 is 47.8 Å². The van der Waals surface area contributed by atoms with Crippen molar-refractivity contribution in [1.82, 2.24) is 0 Å². The van der Waals surface area contributed by atoms with E-state index in [-0.39, 0.29) is 36.5 Å². The summed E-state index contributed by atoms with van der Waals surface area (Å²) in [6.45, 7) is 1.26. The van der Waals surface area contributed by atoms with E-state index >= 15 is 0 Å². The van der Waals surface area contributed by atoms with Gasteiger partial charge in [-0.1, -0.05) is 29.8 Å². The van der Waals surface area contributed by atoms with Crippen molar-refractivity contribution in [2.75, 3.05) is 11.4 Å². The first-order chi connectivity index (χ1) is 10.1. The number of non-ortho nitro benzene ring substituents is 1. The molecule has 5 nitrogen and oxygen atoms in total. The first-order valence-electron chi connectivity index (χ1n) is 6.58. The molecule has 1 heterocycles. The summed E-state index contributed by atoms with van der Waals surface area (Å²) >= 11 is 6.19. The topological polar surface area (TPSA) is 72.4 Å². The maximum Gasteiger partial charge on any atom is 0.269 e. The highest BCUT2D eigenvalue weighted by molar-refractivity contribution is 6.31. The third-order valence-corrected chi connectivity index (χ3v) is 4.07. The maximum absolute atomic E-state index is 10.9. The molecule has 3 rings (SSSR count). The molecule has 0 aromatic heterocycles. The van der Waals surface area contributed by atoms with E-state index in [1.165, 1.54) is 6.07 Å². The summed E-state index contributed by atoms with van der Waals surface area (Å²) in [5.74, 6) is 0. The standard InChI is InChI=1S/C15H14ClN3O2.2ClH/c16-13-4-2-1-3-10(13)8-18-9-14(17)12-7-11(19(20)21)5-6-15(12)18;;/h1-7,14H,8-9,17H2;2*1H. The predicted molar refractivity (Wildman–Crippen MR) is 97.0 cm³/mol. The van der Waals surface area contributed by atoms with Crippen LogP contribution in [-0.2, 0) is 6.54 Å². The van der Waals surface area contributed by atoms with Gasteiger partial charge in [0.25, 0.3) is 5.69 Å². The van der Waals surface area contributed by atoms with Crippen LogP contribution in [0.15, 0.2) is 42.5 Å². The first-order valence-corrected chi connectivity index (χ1v) is 6.96. The van der Waals surface area contributed by atoms with Gasteiger partial charge in [0.05, 0.1) is 4.92 Å². The molecule has 1 aliphatic rings. The van der Waals surface area contributed by atoms with Crippen LogP contribution in [0.1, 0.15) is 17.2 Å². The summed E-state index contributed by atoms with van der Waals surface area (Å²) in [5.41, 5.74) is 8.94. The molecular weight excluding hydrogens is 361 g/mol. The Labute approximate surface area is 151 Å². The van der Waals surface area contributed by atoms with E-state index in [4.69, 9.17) is 17.3 Å². The van der Waals surface area contributed by atoms with Gasteiger partial charge in [0.2, 0.25) is 0 Å². The van der Waals surface area contributed by atoms with Gasteiger partial charge in [-0.2, -0.15) is 0 Å². The zero-order valence-corrected chi connectivity index (χ0v) is 14.4. The van der Waals surface area contributed by atoms with Crippen molar-refractivity contribution in [3.63, 3.8) is 0 Å². The minimum absolute atomic E-state index is 0. The average molecular weight is 377 g/mol. The van der Waals surface area contributed by atoms with Gasteiger partial charge in [-0.15, -0.1) is 24.8 Å². The minimum Gasteiger partial charge on any atom is -0.365 e. The molecule has 124 valence electrons. The Morgan fingerprint density at radius 3 is 2.61 bits per heavy atom. The monoisotopic (exact) mass is 375 g/mol. The third kappa shape index (κ3) is 3.87. The molecule has 0 saturated carbocycles. The zero-order valence-electron chi connectivity index (χ0n) is 12.0. The lowest BCUT2D eigenvalue weighted by Gasteiger charge is -2.20. The van der Waals surface area contributed by atoms with Crippen LogP contribution in [0.4, 0.5) is 11.4 Å². The van der Waals surface area contributed by atoms with Crippen LogP contribution < -0.4 is 10.6 Å². The van der Waals surface area contributed by atoms with E-state index in [1.54, 1.807) is 12.1 Å². The molecule has 0 aliphatic carbocycles. The Morgan fingerprint density at radius 2 is 1.96 bits per heavy atom. The maximum atomic E-state index is 10.9. The molecule has 23 heavy (non-hydrogen) atoms. The second-order valence-electron chi connectivity index (χ2n) is 5.08. The smallest absolute Gasteiger partial charge is 0.269 e. The molecule has 0 saturated heterocycles. The second kappa shape index (κ2) is 7.84. The van der Waals surface area contributed by atoms with Crippen molar-refractivity contribution in [2.45, 2.75) is 12.6 Å². The van der Waals surface area contributed by atoms with Crippen molar-refractivity contribution in [3.8, 4) is 0 Å². The van der Waals surface area contributed by atoms with Crippen LogP contribution in [0.5, 0.6) is 0 Å².